The predicted molar refractivity (Wildman–Crippen MR) is 167 cm³/mol. The maximum atomic E-state index is 13.4. The van der Waals surface area contributed by atoms with Gasteiger partial charge in [-0.1, -0.05) is 26.7 Å². The van der Waals surface area contributed by atoms with Crippen molar-refractivity contribution in [1.82, 2.24) is 20.4 Å². The topological polar surface area (TPSA) is 130 Å². The highest BCUT2D eigenvalue weighted by Gasteiger charge is 2.35. The fourth-order valence-corrected chi connectivity index (χ4v) is 5.53. The number of fused-ring (bicyclic) bond motifs is 1. The molecular formula is C33H48N4O7. The van der Waals surface area contributed by atoms with Gasteiger partial charge in [-0.3, -0.25) is 24.1 Å². The van der Waals surface area contributed by atoms with Crippen molar-refractivity contribution in [3.63, 3.8) is 0 Å². The first-order valence-corrected chi connectivity index (χ1v) is 15.9. The third-order valence-corrected chi connectivity index (χ3v) is 8.22. The number of carbonyl (C=O) groups excluding carboxylic acids is 4. The summed E-state index contributed by atoms with van der Waals surface area (Å²) < 4.78 is 17.1. The number of amides is 3. The van der Waals surface area contributed by atoms with E-state index in [0.29, 0.717) is 42.8 Å². The van der Waals surface area contributed by atoms with Gasteiger partial charge in [0.05, 0.1) is 25.2 Å². The summed E-state index contributed by atoms with van der Waals surface area (Å²) in [5.74, 6) is -0.752. The monoisotopic (exact) mass is 612 g/mol. The Hall–Kier alpha value is -3.44. The van der Waals surface area contributed by atoms with Gasteiger partial charge >= 0.3 is 0 Å². The number of hydrogen-bond acceptors (Lipinski definition) is 8. The average molecular weight is 613 g/mol. The van der Waals surface area contributed by atoms with Gasteiger partial charge in [0, 0.05) is 38.1 Å². The van der Waals surface area contributed by atoms with Gasteiger partial charge < -0.3 is 29.4 Å². The molecule has 0 unspecified atom stereocenters. The highest BCUT2D eigenvalue weighted by Crippen LogP contribution is 2.25. The summed E-state index contributed by atoms with van der Waals surface area (Å²) in [6.07, 6.45) is 4.13. The minimum atomic E-state index is -1.28. The Morgan fingerprint density at radius 2 is 1.68 bits per heavy atom. The van der Waals surface area contributed by atoms with Crippen molar-refractivity contribution >= 4 is 34.5 Å². The van der Waals surface area contributed by atoms with E-state index in [2.05, 4.69) is 15.5 Å². The molecule has 0 spiro atoms. The molecule has 2 aromatic rings. The van der Waals surface area contributed by atoms with Crippen LogP contribution in [0.2, 0.25) is 0 Å². The molecule has 0 radical (unpaired) electrons. The Morgan fingerprint density at radius 3 is 2.36 bits per heavy atom. The number of ether oxygens (including phenoxy) is 2. The van der Waals surface area contributed by atoms with E-state index in [1.807, 2.05) is 19.9 Å². The molecule has 11 heteroatoms. The highest BCUT2D eigenvalue weighted by molar-refractivity contribution is 6.05. The van der Waals surface area contributed by atoms with Crippen molar-refractivity contribution in [3.05, 3.63) is 30.0 Å². The van der Waals surface area contributed by atoms with Crippen LogP contribution in [0.15, 0.2) is 28.7 Å². The van der Waals surface area contributed by atoms with Crippen LogP contribution in [0.3, 0.4) is 0 Å². The van der Waals surface area contributed by atoms with Crippen molar-refractivity contribution in [2.75, 3.05) is 52.5 Å². The third-order valence-electron chi connectivity index (χ3n) is 8.22. The van der Waals surface area contributed by atoms with E-state index in [1.54, 1.807) is 36.9 Å². The maximum absolute atomic E-state index is 13.4. The second-order valence-corrected chi connectivity index (χ2v) is 12.8. The zero-order valence-electron chi connectivity index (χ0n) is 26.6. The molecule has 242 valence electrons. The molecule has 2 N–H and O–H groups in total. The number of Topliss-reactive ketones (excluding diaryl/α,β-unsaturated/α-hetero) is 1. The lowest BCUT2D eigenvalue weighted by Gasteiger charge is -2.29. The third kappa shape index (κ3) is 9.53. The number of benzene rings is 1. The largest absolute Gasteiger partial charge is 0.492 e. The number of rotatable bonds is 13. The van der Waals surface area contributed by atoms with Gasteiger partial charge in [0.25, 0.3) is 5.91 Å². The first kappa shape index (κ1) is 33.5. The molecule has 11 nitrogen and oxygen atoms in total. The van der Waals surface area contributed by atoms with Gasteiger partial charge in [-0.05, 0) is 63.3 Å². The number of hydrogen-bond donors (Lipinski definition) is 2. The van der Waals surface area contributed by atoms with Crippen LogP contribution in [0, 0.1) is 5.92 Å². The van der Waals surface area contributed by atoms with Crippen molar-refractivity contribution in [3.8, 4) is 5.75 Å². The molecule has 0 saturated carbocycles. The van der Waals surface area contributed by atoms with Gasteiger partial charge in [0.15, 0.2) is 11.5 Å². The minimum Gasteiger partial charge on any atom is -0.492 e. The van der Waals surface area contributed by atoms with E-state index in [4.69, 9.17) is 13.9 Å². The van der Waals surface area contributed by atoms with Gasteiger partial charge in [0.2, 0.25) is 11.8 Å². The molecule has 4 rings (SSSR count). The van der Waals surface area contributed by atoms with Crippen LogP contribution in [0.1, 0.15) is 76.8 Å². The summed E-state index contributed by atoms with van der Waals surface area (Å²) in [6.45, 7) is 13.0. The second-order valence-electron chi connectivity index (χ2n) is 12.8. The van der Waals surface area contributed by atoms with Crippen LogP contribution in [0.4, 0.5) is 0 Å². The Bertz CT molecular complexity index is 1290. The SMILES string of the molecule is CC(C)C[C@H](NC(=O)c1cc2cc(OCCN3CCOCC3)ccc2o1)C(=O)NC(C)(C)C(=O)CC(=O)N1CCCCCC1. The van der Waals surface area contributed by atoms with Gasteiger partial charge in [-0.25, -0.2) is 0 Å². The molecule has 2 fully saturated rings. The smallest absolute Gasteiger partial charge is 0.287 e. The van der Waals surface area contributed by atoms with Gasteiger partial charge in [-0.2, -0.15) is 0 Å². The predicted octanol–water partition coefficient (Wildman–Crippen LogP) is 3.54. The summed E-state index contributed by atoms with van der Waals surface area (Å²) in [7, 11) is 0. The minimum absolute atomic E-state index is 0.0745. The molecule has 44 heavy (non-hydrogen) atoms. The highest BCUT2D eigenvalue weighted by atomic mass is 16.5. The Morgan fingerprint density at radius 1 is 0.977 bits per heavy atom. The summed E-state index contributed by atoms with van der Waals surface area (Å²) in [5, 5.41) is 6.29. The van der Waals surface area contributed by atoms with Crippen molar-refractivity contribution in [2.24, 2.45) is 5.92 Å². The molecule has 2 saturated heterocycles. The maximum Gasteiger partial charge on any atom is 0.287 e. The van der Waals surface area contributed by atoms with Crippen LogP contribution in [-0.2, 0) is 19.1 Å². The molecule has 2 aliphatic heterocycles. The van der Waals surface area contributed by atoms with Crippen LogP contribution in [0.25, 0.3) is 11.0 Å². The number of nitrogens with one attached hydrogen (secondary N) is 2. The van der Waals surface area contributed by atoms with Crippen molar-refractivity contribution in [1.29, 1.82) is 0 Å². The first-order chi connectivity index (χ1) is 21.0. The summed E-state index contributed by atoms with van der Waals surface area (Å²) in [4.78, 5) is 56.6. The van der Waals surface area contributed by atoms with E-state index < -0.39 is 23.4 Å². The number of likely N-dealkylation sites (tertiary alicyclic amines) is 1. The number of furan rings is 1. The number of nitrogens with zero attached hydrogens (tertiary/aromatic N) is 2. The molecular weight excluding hydrogens is 564 g/mol. The van der Waals surface area contributed by atoms with Gasteiger partial charge in [0.1, 0.15) is 24.0 Å². The van der Waals surface area contributed by atoms with Crippen molar-refractivity contribution in [2.45, 2.75) is 77.8 Å². The number of carbonyl (C=O) groups is 4. The lowest BCUT2D eigenvalue weighted by molar-refractivity contribution is -0.139. The zero-order valence-corrected chi connectivity index (χ0v) is 26.6. The number of ketones is 1. The molecule has 1 atom stereocenters. The Kier molecular flexibility index (Phi) is 11.8. The van der Waals surface area contributed by atoms with E-state index in [1.165, 1.54) is 0 Å². The average Bonchev–Trinajstić information content (AvgIpc) is 3.21. The first-order valence-electron chi connectivity index (χ1n) is 15.9. The van der Waals surface area contributed by atoms with Crippen LogP contribution in [-0.4, -0.2) is 97.4 Å². The molecule has 3 amide bonds. The van der Waals surface area contributed by atoms with Crippen molar-refractivity contribution < 1.29 is 33.1 Å². The molecule has 2 aliphatic rings. The lowest BCUT2D eigenvalue weighted by Crippen LogP contribution is -2.57. The number of morpholine rings is 1. The molecule has 1 aromatic heterocycles. The Balaban J connectivity index is 1.35. The molecule has 0 aliphatic carbocycles. The Labute approximate surface area is 260 Å². The molecule has 3 heterocycles. The summed E-state index contributed by atoms with van der Waals surface area (Å²) in [5.41, 5.74) is -0.753. The van der Waals surface area contributed by atoms with Crippen LogP contribution in [0.5, 0.6) is 5.75 Å². The second kappa shape index (κ2) is 15.5. The summed E-state index contributed by atoms with van der Waals surface area (Å²) >= 11 is 0. The zero-order chi connectivity index (χ0) is 31.7. The van der Waals surface area contributed by atoms with Crippen LogP contribution < -0.4 is 15.4 Å². The normalized spacial score (nSPS) is 17.2. The fourth-order valence-electron chi connectivity index (χ4n) is 5.53. The van der Waals surface area contributed by atoms with E-state index >= 15 is 0 Å². The fraction of sp³-hybridized carbons (Fsp3) is 0.636. The van der Waals surface area contributed by atoms with E-state index in [9.17, 15) is 19.2 Å². The van der Waals surface area contributed by atoms with E-state index in [-0.39, 0.29) is 29.8 Å². The van der Waals surface area contributed by atoms with E-state index in [0.717, 1.165) is 58.5 Å². The van der Waals surface area contributed by atoms with Gasteiger partial charge in [-0.15, -0.1) is 0 Å². The molecule has 0 bridgehead atoms. The standard InChI is InChI=1S/C33H48N4O7/c1-23(2)19-26(31(40)35-33(3,4)29(38)22-30(39)37-11-7-5-6-8-12-37)34-32(41)28-21-24-20-25(9-10-27(24)44-28)43-18-15-36-13-16-42-17-14-36/h9-10,20-21,23,26H,5-8,11-19,22H2,1-4H3,(H,34,41)(H,35,40)/t26-/m0/s1. The quantitative estimate of drug-likeness (QED) is 0.329. The summed E-state index contributed by atoms with van der Waals surface area (Å²) in [6, 6.07) is 6.12. The lowest BCUT2D eigenvalue weighted by atomic mass is 9.94. The van der Waals surface area contributed by atoms with Crippen LogP contribution >= 0.6 is 0 Å². The molecule has 1 aromatic carbocycles.